The number of nitrogens with two attached hydrogens (primary N) is 1. The Labute approximate surface area is 120 Å². The van der Waals surface area contributed by atoms with Crippen LogP contribution in [0.5, 0.6) is 0 Å². The zero-order chi connectivity index (χ0) is 13.9. The minimum Gasteiger partial charge on any atom is -0.372 e. The number of fused-ring (bicyclic) bond motifs is 1. The van der Waals surface area contributed by atoms with Crippen molar-refractivity contribution in [1.82, 2.24) is 0 Å². The normalized spacial score (nSPS) is 19.4. The van der Waals surface area contributed by atoms with Crippen LogP contribution in [0.25, 0.3) is 0 Å². The van der Waals surface area contributed by atoms with Crippen LogP contribution < -0.4 is 5.73 Å². The van der Waals surface area contributed by atoms with E-state index in [1.54, 1.807) is 0 Å². The molecule has 0 saturated heterocycles. The van der Waals surface area contributed by atoms with Crippen molar-refractivity contribution in [2.24, 2.45) is 5.73 Å². The topological polar surface area (TPSA) is 35.2 Å². The molecule has 2 N–H and O–H groups in total. The lowest BCUT2D eigenvalue weighted by Gasteiger charge is -2.30. The number of hydrogen-bond donors (Lipinski definition) is 1. The van der Waals surface area contributed by atoms with E-state index >= 15 is 0 Å². The molecule has 1 heterocycles. The largest absolute Gasteiger partial charge is 0.372 e. The monoisotopic (exact) mass is 267 g/mol. The SMILES string of the molecule is Cc1cccc(CC(N)C2OCCc3ccccc32)c1. The minimum atomic E-state index is -0.00162. The van der Waals surface area contributed by atoms with Crippen molar-refractivity contribution in [3.05, 3.63) is 70.8 Å². The van der Waals surface area contributed by atoms with Crippen molar-refractivity contribution in [1.29, 1.82) is 0 Å². The Kier molecular flexibility index (Phi) is 3.86. The van der Waals surface area contributed by atoms with E-state index in [2.05, 4.69) is 55.5 Å². The molecule has 0 spiro atoms. The molecule has 2 nitrogen and oxygen atoms in total. The van der Waals surface area contributed by atoms with Gasteiger partial charge in [-0.05, 0) is 36.5 Å². The van der Waals surface area contributed by atoms with Gasteiger partial charge in [0.05, 0.1) is 12.7 Å². The van der Waals surface area contributed by atoms with Gasteiger partial charge in [0.1, 0.15) is 0 Å². The van der Waals surface area contributed by atoms with Crippen molar-refractivity contribution in [3.63, 3.8) is 0 Å². The Balaban J connectivity index is 1.80. The summed E-state index contributed by atoms with van der Waals surface area (Å²) in [4.78, 5) is 0. The van der Waals surface area contributed by atoms with Crippen LogP contribution in [0, 0.1) is 6.92 Å². The van der Waals surface area contributed by atoms with Crippen LogP contribution in [-0.2, 0) is 17.6 Å². The van der Waals surface area contributed by atoms with Gasteiger partial charge in [-0.25, -0.2) is 0 Å². The molecule has 0 radical (unpaired) electrons. The van der Waals surface area contributed by atoms with Crippen molar-refractivity contribution in [2.45, 2.75) is 31.9 Å². The predicted molar refractivity (Wildman–Crippen MR) is 81.7 cm³/mol. The van der Waals surface area contributed by atoms with Crippen molar-refractivity contribution in [3.8, 4) is 0 Å². The molecule has 1 aliphatic heterocycles. The first-order valence-corrected chi connectivity index (χ1v) is 7.24. The molecule has 3 rings (SSSR count). The van der Waals surface area contributed by atoms with E-state index in [0.717, 1.165) is 19.4 Å². The maximum atomic E-state index is 6.42. The lowest BCUT2D eigenvalue weighted by molar-refractivity contribution is 0.0246. The molecule has 2 heteroatoms. The number of rotatable bonds is 3. The Morgan fingerprint density at radius 3 is 2.90 bits per heavy atom. The highest BCUT2D eigenvalue weighted by Crippen LogP contribution is 2.30. The predicted octanol–water partition coefficient (Wildman–Crippen LogP) is 3.18. The first-order valence-electron chi connectivity index (χ1n) is 7.24. The molecular weight excluding hydrogens is 246 g/mol. The van der Waals surface area contributed by atoms with Crippen LogP contribution in [0.2, 0.25) is 0 Å². The van der Waals surface area contributed by atoms with Crippen LogP contribution in [-0.4, -0.2) is 12.6 Å². The molecular formula is C18H21NO. The second kappa shape index (κ2) is 5.78. The van der Waals surface area contributed by atoms with Gasteiger partial charge < -0.3 is 10.5 Å². The molecule has 2 unspecified atom stereocenters. The van der Waals surface area contributed by atoms with Crippen LogP contribution in [0.4, 0.5) is 0 Å². The Morgan fingerprint density at radius 1 is 1.20 bits per heavy atom. The number of ether oxygens (including phenoxy) is 1. The summed E-state index contributed by atoms with van der Waals surface area (Å²) in [6.45, 7) is 2.88. The standard InChI is InChI=1S/C18H21NO/c1-13-5-4-6-14(11-13)12-17(19)18-16-8-3-2-7-15(16)9-10-20-18/h2-8,11,17-18H,9-10,12,19H2,1H3. The maximum absolute atomic E-state index is 6.42. The van der Waals surface area contributed by atoms with Crippen molar-refractivity contribution >= 4 is 0 Å². The van der Waals surface area contributed by atoms with Gasteiger partial charge in [0.2, 0.25) is 0 Å². The van der Waals surface area contributed by atoms with Crippen LogP contribution in [0.15, 0.2) is 48.5 Å². The highest BCUT2D eigenvalue weighted by Gasteiger charge is 2.26. The van der Waals surface area contributed by atoms with Crippen LogP contribution in [0.1, 0.15) is 28.4 Å². The lowest BCUT2D eigenvalue weighted by atomic mass is 9.90. The van der Waals surface area contributed by atoms with E-state index in [-0.39, 0.29) is 12.1 Å². The summed E-state index contributed by atoms with van der Waals surface area (Å²) in [7, 11) is 0. The molecule has 0 aliphatic carbocycles. The van der Waals surface area contributed by atoms with Gasteiger partial charge in [-0.2, -0.15) is 0 Å². The van der Waals surface area contributed by atoms with Gasteiger partial charge in [-0.3, -0.25) is 0 Å². The minimum absolute atomic E-state index is 0.00162. The van der Waals surface area contributed by atoms with Gasteiger partial charge in [0.15, 0.2) is 0 Å². The Bertz CT molecular complexity index is 593. The summed E-state index contributed by atoms with van der Waals surface area (Å²) < 4.78 is 5.94. The van der Waals surface area contributed by atoms with Gasteiger partial charge in [-0.1, -0.05) is 54.1 Å². The molecule has 0 fully saturated rings. The number of benzene rings is 2. The summed E-state index contributed by atoms with van der Waals surface area (Å²) in [5, 5.41) is 0. The van der Waals surface area contributed by atoms with E-state index in [9.17, 15) is 0 Å². The van der Waals surface area contributed by atoms with Crippen molar-refractivity contribution in [2.75, 3.05) is 6.61 Å². The molecule has 0 bridgehead atoms. The van der Waals surface area contributed by atoms with Crippen LogP contribution >= 0.6 is 0 Å². The molecule has 0 aromatic heterocycles. The number of hydrogen-bond acceptors (Lipinski definition) is 2. The zero-order valence-electron chi connectivity index (χ0n) is 11.9. The Hall–Kier alpha value is -1.64. The first kappa shape index (κ1) is 13.3. The van der Waals surface area contributed by atoms with E-state index in [4.69, 9.17) is 10.5 Å². The van der Waals surface area contributed by atoms with Crippen molar-refractivity contribution < 1.29 is 4.74 Å². The van der Waals surface area contributed by atoms with E-state index in [0.29, 0.717) is 0 Å². The molecule has 20 heavy (non-hydrogen) atoms. The summed E-state index contributed by atoms with van der Waals surface area (Å²) in [6, 6.07) is 17.0. The van der Waals surface area contributed by atoms with Gasteiger partial charge in [0.25, 0.3) is 0 Å². The molecule has 104 valence electrons. The second-order valence-electron chi connectivity index (χ2n) is 5.60. The second-order valence-corrected chi connectivity index (χ2v) is 5.60. The molecule has 1 aliphatic rings. The quantitative estimate of drug-likeness (QED) is 0.927. The molecule has 2 atom stereocenters. The van der Waals surface area contributed by atoms with Gasteiger partial charge in [-0.15, -0.1) is 0 Å². The van der Waals surface area contributed by atoms with Gasteiger partial charge in [0, 0.05) is 6.04 Å². The van der Waals surface area contributed by atoms with E-state index in [1.165, 1.54) is 22.3 Å². The Morgan fingerprint density at radius 2 is 2.05 bits per heavy atom. The van der Waals surface area contributed by atoms with Gasteiger partial charge >= 0.3 is 0 Å². The third-order valence-corrected chi connectivity index (χ3v) is 3.97. The van der Waals surface area contributed by atoms with E-state index < -0.39 is 0 Å². The summed E-state index contributed by atoms with van der Waals surface area (Å²) in [5.41, 5.74) is 11.6. The third kappa shape index (κ3) is 2.77. The molecule has 0 saturated carbocycles. The maximum Gasteiger partial charge on any atom is 0.0981 e. The summed E-state index contributed by atoms with van der Waals surface area (Å²) in [5.74, 6) is 0. The fourth-order valence-corrected chi connectivity index (χ4v) is 3.00. The molecule has 2 aromatic rings. The zero-order valence-corrected chi connectivity index (χ0v) is 11.9. The fourth-order valence-electron chi connectivity index (χ4n) is 3.00. The number of aryl methyl sites for hydroxylation is 1. The molecule has 2 aromatic carbocycles. The summed E-state index contributed by atoms with van der Waals surface area (Å²) in [6.07, 6.45) is 1.85. The third-order valence-electron chi connectivity index (χ3n) is 3.97. The van der Waals surface area contributed by atoms with Crippen LogP contribution in [0.3, 0.4) is 0 Å². The average Bonchev–Trinajstić information content (AvgIpc) is 2.46. The van der Waals surface area contributed by atoms with E-state index in [1.807, 2.05) is 0 Å². The first-order chi connectivity index (χ1) is 9.74. The summed E-state index contributed by atoms with van der Waals surface area (Å²) >= 11 is 0. The smallest absolute Gasteiger partial charge is 0.0981 e. The highest BCUT2D eigenvalue weighted by molar-refractivity contribution is 5.32. The highest BCUT2D eigenvalue weighted by atomic mass is 16.5. The molecule has 0 amide bonds. The lowest BCUT2D eigenvalue weighted by Crippen LogP contribution is -2.35. The fraction of sp³-hybridized carbons (Fsp3) is 0.333. The average molecular weight is 267 g/mol.